The molecule has 1 aromatic heterocycles. The van der Waals surface area contributed by atoms with Gasteiger partial charge in [0.1, 0.15) is 0 Å². The summed E-state index contributed by atoms with van der Waals surface area (Å²) in [5, 5.41) is 0. The van der Waals surface area contributed by atoms with Gasteiger partial charge in [-0.15, -0.1) is 0 Å². The summed E-state index contributed by atoms with van der Waals surface area (Å²) in [7, 11) is 2.25. The van der Waals surface area contributed by atoms with Crippen molar-refractivity contribution in [1.29, 1.82) is 0 Å². The summed E-state index contributed by atoms with van der Waals surface area (Å²) in [5.41, 5.74) is 4.43. The van der Waals surface area contributed by atoms with Crippen molar-refractivity contribution in [2.24, 2.45) is 0 Å². The Hall–Kier alpha value is -2.20. The molecule has 118 valence electrons. The number of nitrogens with one attached hydrogen (secondary N) is 1. The fourth-order valence-corrected chi connectivity index (χ4v) is 4.10. The van der Waals surface area contributed by atoms with Crippen molar-refractivity contribution in [2.45, 2.75) is 25.3 Å². The van der Waals surface area contributed by atoms with E-state index in [9.17, 15) is 4.79 Å². The number of rotatable bonds is 1. The number of aryl methyl sites for hydroxylation is 1. The second kappa shape index (κ2) is 5.46. The highest BCUT2D eigenvalue weighted by Gasteiger charge is 2.45. The van der Waals surface area contributed by atoms with Crippen molar-refractivity contribution >= 4 is 11.6 Å². The van der Waals surface area contributed by atoms with E-state index in [2.05, 4.69) is 37.2 Å². The Balaban J connectivity index is 1.79. The Morgan fingerprint density at radius 3 is 2.83 bits per heavy atom. The maximum Gasteiger partial charge on any atom is 0.258 e. The van der Waals surface area contributed by atoms with Crippen molar-refractivity contribution in [3.05, 3.63) is 59.4 Å². The van der Waals surface area contributed by atoms with Crippen molar-refractivity contribution in [1.82, 2.24) is 4.98 Å². The first-order valence-corrected chi connectivity index (χ1v) is 8.30. The van der Waals surface area contributed by atoms with E-state index in [0.29, 0.717) is 5.92 Å². The zero-order valence-corrected chi connectivity index (χ0v) is 13.6. The largest absolute Gasteiger partial charge is 0.337 e. The summed E-state index contributed by atoms with van der Waals surface area (Å²) in [6.45, 7) is 4.34. The number of anilines is 1. The fraction of sp³-hybridized carbons (Fsp3) is 0.368. The molecule has 0 aliphatic carbocycles. The van der Waals surface area contributed by atoms with E-state index in [1.165, 1.54) is 11.1 Å². The van der Waals surface area contributed by atoms with E-state index in [1.54, 1.807) is 17.3 Å². The van der Waals surface area contributed by atoms with Crippen LogP contribution in [0.2, 0.25) is 0 Å². The summed E-state index contributed by atoms with van der Waals surface area (Å²) in [4.78, 5) is 20.7. The van der Waals surface area contributed by atoms with Crippen molar-refractivity contribution in [3.8, 4) is 0 Å². The second-order valence-corrected chi connectivity index (χ2v) is 6.85. The number of likely N-dealkylation sites (tertiary alicyclic amines) is 1. The van der Waals surface area contributed by atoms with Gasteiger partial charge >= 0.3 is 0 Å². The lowest BCUT2D eigenvalue weighted by molar-refractivity contribution is -0.886. The summed E-state index contributed by atoms with van der Waals surface area (Å²) >= 11 is 0. The highest BCUT2D eigenvalue weighted by Crippen LogP contribution is 2.43. The van der Waals surface area contributed by atoms with Crippen LogP contribution in [0.5, 0.6) is 0 Å². The third kappa shape index (κ3) is 2.34. The van der Waals surface area contributed by atoms with E-state index in [4.69, 9.17) is 0 Å². The highest BCUT2D eigenvalue weighted by atomic mass is 16.2. The summed E-state index contributed by atoms with van der Waals surface area (Å²) in [6.07, 6.45) is 4.44. The Labute approximate surface area is 136 Å². The van der Waals surface area contributed by atoms with Crippen LogP contribution in [0.1, 0.15) is 33.8 Å². The number of hydrogen-bond donors (Lipinski definition) is 1. The SMILES string of the molecule is Cc1ccc2c(c1)[C@H]1C[NH+](C)CC[C@@H]1N2C(=O)c1ccncc1. The number of aromatic nitrogens is 1. The number of benzene rings is 1. The van der Waals surface area contributed by atoms with Gasteiger partial charge in [-0.1, -0.05) is 17.7 Å². The molecule has 4 nitrogen and oxygen atoms in total. The number of carbonyl (C=O) groups excluding carboxylic acids is 1. The number of nitrogens with zero attached hydrogens (tertiary/aromatic N) is 2. The van der Waals surface area contributed by atoms with Crippen molar-refractivity contribution < 1.29 is 9.69 Å². The lowest BCUT2D eigenvalue weighted by atomic mass is 9.89. The normalized spacial score (nSPS) is 25.8. The standard InChI is InChI=1S/C19H21N3O/c1-13-3-4-17-15(11-13)16-12-21(2)10-7-18(16)22(17)19(23)14-5-8-20-9-6-14/h3-6,8-9,11,16,18H,7,10,12H2,1-2H3/p+1/t16-,18+/m1/s1. The maximum atomic E-state index is 13.1. The van der Waals surface area contributed by atoms with Gasteiger partial charge in [0, 0.05) is 30.1 Å². The number of pyridine rings is 1. The minimum Gasteiger partial charge on any atom is -0.337 e. The number of piperidine rings is 1. The molecule has 0 saturated carbocycles. The average Bonchev–Trinajstić information content (AvgIpc) is 2.88. The van der Waals surface area contributed by atoms with Crippen molar-refractivity contribution in [2.75, 3.05) is 25.0 Å². The maximum absolute atomic E-state index is 13.1. The summed E-state index contributed by atoms with van der Waals surface area (Å²) < 4.78 is 0. The molecule has 1 N–H and O–H groups in total. The minimum atomic E-state index is 0.101. The third-order valence-corrected chi connectivity index (χ3v) is 5.22. The number of quaternary nitrogens is 1. The number of likely N-dealkylation sites (N-methyl/N-ethyl adjacent to an activating group) is 1. The number of amides is 1. The molecule has 1 aromatic carbocycles. The first-order valence-electron chi connectivity index (χ1n) is 8.30. The topological polar surface area (TPSA) is 37.6 Å². The molecular formula is C19H22N3O+. The molecule has 2 aliphatic rings. The molecule has 1 unspecified atom stereocenters. The van der Waals surface area contributed by atoms with E-state index in [0.717, 1.165) is 30.8 Å². The van der Waals surface area contributed by atoms with Gasteiger partial charge in [-0.2, -0.15) is 0 Å². The smallest absolute Gasteiger partial charge is 0.258 e. The second-order valence-electron chi connectivity index (χ2n) is 6.85. The molecule has 0 bridgehead atoms. The number of fused-ring (bicyclic) bond motifs is 3. The lowest BCUT2D eigenvalue weighted by Gasteiger charge is -2.34. The summed E-state index contributed by atoms with van der Waals surface area (Å²) in [6, 6.07) is 10.4. The number of carbonyl (C=O) groups is 1. The van der Waals surface area contributed by atoms with Crippen LogP contribution >= 0.6 is 0 Å². The minimum absolute atomic E-state index is 0.101. The first kappa shape index (κ1) is 14.4. The van der Waals surface area contributed by atoms with Gasteiger partial charge in [0.05, 0.1) is 32.1 Å². The Morgan fingerprint density at radius 1 is 1.26 bits per heavy atom. The van der Waals surface area contributed by atoms with Crippen LogP contribution in [0.15, 0.2) is 42.7 Å². The van der Waals surface area contributed by atoms with Crippen LogP contribution in [0.25, 0.3) is 0 Å². The van der Waals surface area contributed by atoms with Crippen LogP contribution in [0.3, 0.4) is 0 Å². The first-order chi connectivity index (χ1) is 11.1. The molecular weight excluding hydrogens is 286 g/mol. The van der Waals surface area contributed by atoms with Crippen molar-refractivity contribution in [3.63, 3.8) is 0 Å². The van der Waals surface area contributed by atoms with E-state index < -0.39 is 0 Å². The Bertz CT molecular complexity index is 744. The molecule has 1 fully saturated rings. The van der Waals surface area contributed by atoms with Gasteiger partial charge in [0.25, 0.3) is 5.91 Å². The van der Waals surface area contributed by atoms with Gasteiger partial charge < -0.3 is 9.80 Å². The van der Waals surface area contributed by atoms with Gasteiger partial charge in [0.2, 0.25) is 0 Å². The lowest BCUT2D eigenvalue weighted by Crippen LogP contribution is -3.11. The van der Waals surface area contributed by atoms with Crippen LogP contribution in [-0.2, 0) is 0 Å². The van der Waals surface area contributed by atoms with Gasteiger partial charge in [-0.05, 0) is 30.7 Å². The molecule has 3 atom stereocenters. The van der Waals surface area contributed by atoms with Gasteiger partial charge in [0.15, 0.2) is 0 Å². The molecule has 23 heavy (non-hydrogen) atoms. The average molecular weight is 308 g/mol. The predicted molar refractivity (Wildman–Crippen MR) is 90.0 cm³/mol. The molecule has 1 saturated heterocycles. The monoisotopic (exact) mass is 308 g/mol. The van der Waals surface area contributed by atoms with Gasteiger partial charge in [-0.3, -0.25) is 9.78 Å². The predicted octanol–water partition coefficient (Wildman–Crippen LogP) is 1.42. The number of hydrogen-bond acceptors (Lipinski definition) is 2. The molecule has 2 aromatic rings. The Kier molecular flexibility index (Phi) is 3.42. The quantitative estimate of drug-likeness (QED) is 0.865. The van der Waals surface area contributed by atoms with Crippen LogP contribution in [0.4, 0.5) is 5.69 Å². The highest BCUT2D eigenvalue weighted by molar-refractivity contribution is 6.08. The third-order valence-electron chi connectivity index (χ3n) is 5.22. The molecule has 0 spiro atoms. The molecule has 3 heterocycles. The van der Waals surface area contributed by atoms with Crippen LogP contribution in [0, 0.1) is 6.92 Å². The fourth-order valence-electron chi connectivity index (χ4n) is 4.10. The Morgan fingerprint density at radius 2 is 2.04 bits per heavy atom. The summed E-state index contributed by atoms with van der Waals surface area (Å²) in [5.74, 6) is 0.550. The molecule has 4 heteroatoms. The molecule has 1 amide bonds. The van der Waals surface area contributed by atoms with Gasteiger partial charge in [-0.25, -0.2) is 0 Å². The van der Waals surface area contributed by atoms with Crippen LogP contribution in [-0.4, -0.2) is 37.1 Å². The van der Waals surface area contributed by atoms with E-state index >= 15 is 0 Å². The molecule has 2 aliphatic heterocycles. The van der Waals surface area contributed by atoms with Crippen LogP contribution < -0.4 is 9.80 Å². The molecule has 4 rings (SSSR count). The van der Waals surface area contributed by atoms with E-state index in [-0.39, 0.29) is 11.9 Å². The van der Waals surface area contributed by atoms with E-state index in [1.807, 2.05) is 17.0 Å². The molecule has 0 radical (unpaired) electrons. The zero-order valence-electron chi connectivity index (χ0n) is 13.6. The zero-order chi connectivity index (χ0) is 16.0.